The number of anilines is 2. The summed E-state index contributed by atoms with van der Waals surface area (Å²) in [5.74, 6) is 2.55. The highest BCUT2D eigenvalue weighted by molar-refractivity contribution is 5.87. The predicted octanol–water partition coefficient (Wildman–Crippen LogP) is 3.06. The molecule has 2 aliphatic rings. The summed E-state index contributed by atoms with van der Waals surface area (Å²) in [6, 6.07) is 5.68. The molecule has 0 spiro atoms. The second kappa shape index (κ2) is 9.64. The summed E-state index contributed by atoms with van der Waals surface area (Å²) in [7, 11) is 0. The fourth-order valence-electron chi connectivity index (χ4n) is 5.07. The van der Waals surface area contributed by atoms with E-state index in [9.17, 15) is 4.79 Å². The van der Waals surface area contributed by atoms with E-state index in [1.165, 1.54) is 0 Å². The molecule has 1 amide bonds. The molecule has 3 aromatic rings. The summed E-state index contributed by atoms with van der Waals surface area (Å²) in [4.78, 5) is 38.6. The first-order valence-corrected chi connectivity index (χ1v) is 12.5. The van der Waals surface area contributed by atoms with E-state index in [1.807, 2.05) is 50.8 Å². The molecule has 4 heterocycles. The van der Waals surface area contributed by atoms with Crippen molar-refractivity contribution < 1.29 is 9.53 Å². The van der Waals surface area contributed by atoms with Crippen molar-refractivity contribution in [2.75, 3.05) is 49.1 Å². The minimum atomic E-state index is -0.221. The van der Waals surface area contributed by atoms with Gasteiger partial charge in [-0.2, -0.15) is 0 Å². The molecule has 2 aromatic heterocycles. The highest BCUT2D eigenvalue weighted by Gasteiger charge is 2.36. The van der Waals surface area contributed by atoms with Crippen molar-refractivity contribution in [2.45, 2.75) is 46.6 Å². The number of aromatic nitrogens is 4. The third kappa shape index (κ3) is 4.59. The fraction of sp³-hybridized carbons (Fsp3) is 0.500. The largest absolute Gasteiger partial charge is 0.494 e. The second-order valence-corrected chi connectivity index (χ2v) is 9.31. The average molecular weight is 476 g/mol. The lowest BCUT2D eigenvalue weighted by atomic mass is 10.1. The zero-order valence-electron chi connectivity index (χ0n) is 21.0. The number of rotatable bonds is 5. The number of hydrogen-bond acceptors (Lipinski definition) is 8. The standard InChI is InChI=1S/C26H33N7O2/c1-5-35-20-8-9-22-21(15-20)18(3)29-26(30-22)33-10-6-7-23(33)25(34)32-13-11-31(12-14-32)24-19(4)27-16-17(2)28-24/h8-9,15-16,23H,5-7,10-14H2,1-4H3/t23-/m0/s1. The number of hydrogen-bond donors (Lipinski definition) is 0. The van der Waals surface area contributed by atoms with Crippen LogP contribution < -0.4 is 14.5 Å². The van der Waals surface area contributed by atoms with Crippen molar-refractivity contribution in [3.63, 3.8) is 0 Å². The topological polar surface area (TPSA) is 87.6 Å². The molecule has 0 unspecified atom stereocenters. The lowest BCUT2D eigenvalue weighted by Gasteiger charge is -2.38. The van der Waals surface area contributed by atoms with E-state index in [1.54, 1.807) is 6.20 Å². The van der Waals surface area contributed by atoms with Crippen LogP contribution >= 0.6 is 0 Å². The van der Waals surface area contributed by atoms with Crippen LogP contribution in [0.1, 0.15) is 36.8 Å². The first-order chi connectivity index (χ1) is 16.9. The Morgan fingerprint density at radius 1 is 1.03 bits per heavy atom. The third-order valence-electron chi connectivity index (χ3n) is 6.89. The Bertz CT molecular complexity index is 1240. The normalized spacial score (nSPS) is 18.4. The molecule has 9 heteroatoms. The van der Waals surface area contributed by atoms with E-state index < -0.39 is 0 Å². The zero-order valence-corrected chi connectivity index (χ0v) is 21.0. The molecule has 0 N–H and O–H groups in total. The number of benzene rings is 1. The van der Waals surface area contributed by atoms with Crippen molar-refractivity contribution in [2.24, 2.45) is 0 Å². The molecule has 0 saturated carbocycles. The van der Waals surface area contributed by atoms with Gasteiger partial charge in [-0.1, -0.05) is 0 Å². The summed E-state index contributed by atoms with van der Waals surface area (Å²) in [5, 5.41) is 0.979. The van der Waals surface area contributed by atoms with Crippen molar-refractivity contribution in [3.05, 3.63) is 41.5 Å². The van der Waals surface area contributed by atoms with Crippen LogP contribution in [0.15, 0.2) is 24.4 Å². The molecule has 0 radical (unpaired) electrons. The summed E-state index contributed by atoms with van der Waals surface area (Å²) in [6.45, 7) is 12.2. The lowest BCUT2D eigenvalue weighted by Crippen LogP contribution is -2.54. The summed E-state index contributed by atoms with van der Waals surface area (Å²) in [5.41, 5.74) is 3.60. The van der Waals surface area contributed by atoms with Gasteiger partial charge in [0.2, 0.25) is 11.9 Å². The summed E-state index contributed by atoms with van der Waals surface area (Å²) < 4.78 is 5.64. The van der Waals surface area contributed by atoms with Gasteiger partial charge in [-0.25, -0.2) is 15.0 Å². The number of nitrogens with zero attached hydrogens (tertiary/aromatic N) is 7. The Labute approximate surface area is 206 Å². The maximum Gasteiger partial charge on any atom is 0.245 e. The number of ether oxygens (including phenoxy) is 1. The van der Waals surface area contributed by atoms with Crippen LogP contribution in [0.5, 0.6) is 5.75 Å². The van der Waals surface area contributed by atoms with Gasteiger partial charge in [-0.05, 0) is 58.7 Å². The Morgan fingerprint density at radius 3 is 2.60 bits per heavy atom. The van der Waals surface area contributed by atoms with Gasteiger partial charge in [0.15, 0.2) is 0 Å². The van der Waals surface area contributed by atoms with Gasteiger partial charge in [0.05, 0.1) is 29.2 Å². The molecule has 5 rings (SSSR count). The molecule has 9 nitrogen and oxygen atoms in total. The SMILES string of the molecule is CCOc1ccc2nc(N3CCC[C@H]3C(=O)N3CCN(c4nc(C)cnc4C)CC3)nc(C)c2c1. The number of aryl methyl sites for hydroxylation is 3. The Kier molecular flexibility index (Phi) is 6.40. The Hall–Kier alpha value is -3.49. The van der Waals surface area contributed by atoms with Crippen molar-refractivity contribution in [3.8, 4) is 5.75 Å². The van der Waals surface area contributed by atoms with E-state index in [0.717, 1.165) is 72.0 Å². The van der Waals surface area contributed by atoms with Crippen LogP contribution in [0, 0.1) is 20.8 Å². The molecule has 0 aliphatic carbocycles. The van der Waals surface area contributed by atoms with E-state index in [-0.39, 0.29) is 11.9 Å². The third-order valence-corrected chi connectivity index (χ3v) is 6.89. The van der Waals surface area contributed by atoms with Crippen LogP contribution in [-0.2, 0) is 4.79 Å². The maximum atomic E-state index is 13.6. The number of amides is 1. The van der Waals surface area contributed by atoms with Gasteiger partial charge in [-0.15, -0.1) is 0 Å². The highest BCUT2D eigenvalue weighted by atomic mass is 16.5. The maximum absolute atomic E-state index is 13.6. The van der Waals surface area contributed by atoms with Gasteiger partial charge in [0.25, 0.3) is 0 Å². The molecule has 35 heavy (non-hydrogen) atoms. The highest BCUT2D eigenvalue weighted by Crippen LogP contribution is 2.29. The summed E-state index contributed by atoms with van der Waals surface area (Å²) >= 11 is 0. The molecule has 2 aliphatic heterocycles. The number of carbonyl (C=O) groups is 1. The average Bonchev–Trinajstić information content (AvgIpc) is 3.36. The minimum Gasteiger partial charge on any atom is -0.494 e. The van der Waals surface area contributed by atoms with Crippen LogP contribution in [-0.4, -0.2) is 76.1 Å². The minimum absolute atomic E-state index is 0.169. The molecule has 1 aromatic carbocycles. The van der Waals surface area contributed by atoms with Crippen molar-refractivity contribution in [1.82, 2.24) is 24.8 Å². The van der Waals surface area contributed by atoms with Gasteiger partial charge >= 0.3 is 0 Å². The first-order valence-electron chi connectivity index (χ1n) is 12.5. The van der Waals surface area contributed by atoms with Crippen molar-refractivity contribution in [1.29, 1.82) is 0 Å². The zero-order chi connectivity index (χ0) is 24.5. The molecule has 0 bridgehead atoms. The lowest BCUT2D eigenvalue weighted by molar-refractivity contribution is -0.132. The number of carbonyl (C=O) groups excluding carboxylic acids is 1. The van der Waals surface area contributed by atoms with E-state index in [4.69, 9.17) is 14.7 Å². The van der Waals surface area contributed by atoms with E-state index in [0.29, 0.717) is 25.6 Å². The molecule has 2 fully saturated rings. The number of fused-ring (bicyclic) bond motifs is 1. The Morgan fingerprint density at radius 2 is 1.83 bits per heavy atom. The van der Waals surface area contributed by atoms with E-state index in [2.05, 4.69) is 19.8 Å². The van der Waals surface area contributed by atoms with Crippen LogP contribution in [0.4, 0.5) is 11.8 Å². The van der Waals surface area contributed by atoms with Gasteiger partial charge < -0.3 is 19.4 Å². The Balaban J connectivity index is 1.31. The van der Waals surface area contributed by atoms with Crippen LogP contribution in [0.3, 0.4) is 0 Å². The van der Waals surface area contributed by atoms with Crippen molar-refractivity contribution >= 4 is 28.6 Å². The molecular weight excluding hydrogens is 442 g/mol. The van der Waals surface area contributed by atoms with Gasteiger partial charge in [0.1, 0.15) is 17.6 Å². The van der Waals surface area contributed by atoms with Crippen LogP contribution in [0.2, 0.25) is 0 Å². The smallest absolute Gasteiger partial charge is 0.245 e. The molecule has 184 valence electrons. The monoisotopic (exact) mass is 475 g/mol. The van der Waals surface area contributed by atoms with Gasteiger partial charge in [0, 0.05) is 44.3 Å². The first kappa shape index (κ1) is 23.3. The predicted molar refractivity (Wildman–Crippen MR) is 136 cm³/mol. The second-order valence-electron chi connectivity index (χ2n) is 9.31. The molecule has 2 saturated heterocycles. The van der Waals surface area contributed by atoms with Gasteiger partial charge in [-0.3, -0.25) is 9.78 Å². The van der Waals surface area contributed by atoms with Crippen LogP contribution in [0.25, 0.3) is 10.9 Å². The quantitative estimate of drug-likeness (QED) is 0.556. The molecule has 1 atom stereocenters. The van der Waals surface area contributed by atoms with E-state index >= 15 is 0 Å². The summed E-state index contributed by atoms with van der Waals surface area (Å²) in [6.07, 6.45) is 3.57. The number of piperazine rings is 1. The fourth-order valence-corrected chi connectivity index (χ4v) is 5.07. The molecular formula is C26H33N7O2.